The van der Waals surface area contributed by atoms with E-state index in [0.717, 1.165) is 10.0 Å². The van der Waals surface area contributed by atoms with Gasteiger partial charge in [0, 0.05) is 10.0 Å². The van der Waals surface area contributed by atoms with Gasteiger partial charge >= 0.3 is 0 Å². The van der Waals surface area contributed by atoms with Crippen LogP contribution in [0.25, 0.3) is 22.3 Å². The van der Waals surface area contributed by atoms with Gasteiger partial charge < -0.3 is 9.15 Å². The lowest BCUT2D eigenvalue weighted by Gasteiger charge is -2.09. The maximum absolute atomic E-state index is 12.5. The Kier molecular flexibility index (Phi) is 3.32. The summed E-state index contributed by atoms with van der Waals surface area (Å²) in [6.45, 7) is 0. The van der Waals surface area contributed by atoms with Crippen LogP contribution < -0.4 is 10.2 Å². The fourth-order valence-corrected chi connectivity index (χ4v) is 2.48. The minimum Gasteiger partial charge on any atom is -0.490 e. The zero-order valence-corrected chi connectivity index (χ0v) is 12.3. The van der Waals surface area contributed by atoms with Crippen LogP contribution in [0.1, 0.15) is 0 Å². The molecule has 3 nitrogen and oxygen atoms in total. The predicted octanol–water partition coefficient (Wildman–Crippen LogP) is 4.23. The summed E-state index contributed by atoms with van der Waals surface area (Å²) in [5.74, 6) is 0.676. The van der Waals surface area contributed by atoms with Crippen molar-refractivity contribution in [2.45, 2.75) is 0 Å². The number of benzene rings is 2. The smallest absolute Gasteiger partial charge is 0.235 e. The summed E-state index contributed by atoms with van der Waals surface area (Å²) < 4.78 is 11.9. The van der Waals surface area contributed by atoms with Gasteiger partial charge in [0.15, 0.2) is 5.76 Å². The van der Waals surface area contributed by atoms with E-state index in [1.807, 2.05) is 36.4 Å². The molecular weight excluding hydrogens is 320 g/mol. The average Bonchev–Trinajstić information content (AvgIpc) is 2.48. The number of methoxy groups -OCH3 is 1. The van der Waals surface area contributed by atoms with Crippen molar-refractivity contribution in [3.05, 3.63) is 63.2 Å². The molecule has 2 aromatic carbocycles. The Morgan fingerprint density at radius 3 is 2.55 bits per heavy atom. The highest BCUT2D eigenvalue weighted by molar-refractivity contribution is 9.10. The van der Waals surface area contributed by atoms with Gasteiger partial charge in [-0.3, -0.25) is 4.79 Å². The molecule has 0 bridgehead atoms. The molecule has 20 heavy (non-hydrogen) atoms. The van der Waals surface area contributed by atoms with Crippen molar-refractivity contribution in [3.8, 4) is 17.1 Å². The van der Waals surface area contributed by atoms with E-state index in [4.69, 9.17) is 9.15 Å². The molecule has 0 saturated carbocycles. The second-order valence-electron chi connectivity index (χ2n) is 4.30. The second kappa shape index (κ2) is 5.13. The molecule has 0 saturated heterocycles. The maximum Gasteiger partial charge on any atom is 0.235 e. The Hall–Kier alpha value is -2.07. The Labute approximate surface area is 123 Å². The molecular formula is C16H11BrO3. The third kappa shape index (κ3) is 2.12. The topological polar surface area (TPSA) is 39.4 Å². The van der Waals surface area contributed by atoms with E-state index < -0.39 is 0 Å². The van der Waals surface area contributed by atoms with Gasteiger partial charge in [0.25, 0.3) is 0 Å². The maximum atomic E-state index is 12.5. The van der Waals surface area contributed by atoms with Crippen LogP contribution in [-0.4, -0.2) is 7.11 Å². The van der Waals surface area contributed by atoms with Gasteiger partial charge in [-0.25, -0.2) is 0 Å². The van der Waals surface area contributed by atoms with Crippen LogP contribution in [0.15, 0.2) is 62.2 Å². The Balaban J connectivity index is 2.39. The normalized spacial score (nSPS) is 10.7. The number of halogens is 1. The predicted molar refractivity (Wildman–Crippen MR) is 82.2 cm³/mol. The molecule has 0 aliphatic carbocycles. The second-order valence-corrected chi connectivity index (χ2v) is 5.22. The molecule has 0 N–H and O–H groups in total. The summed E-state index contributed by atoms with van der Waals surface area (Å²) in [4.78, 5) is 12.5. The van der Waals surface area contributed by atoms with Crippen LogP contribution in [0.4, 0.5) is 0 Å². The highest BCUT2D eigenvalue weighted by Crippen LogP contribution is 2.31. The molecule has 0 radical (unpaired) electrons. The molecule has 0 aliphatic heterocycles. The lowest BCUT2D eigenvalue weighted by atomic mass is 10.1. The number of rotatable bonds is 2. The van der Waals surface area contributed by atoms with Crippen LogP contribution in [0.5, 0.6) is 5.75 Å². The molecule has 0 amide bonds. The third-order valence-corrected chi connectivity index (χ3v) is 3.54. The summed E-state index contributed by atoms with van der Waals surface area (Å²) in [7, 11) is 1.47. The molecule has 1 heterocycles. The first-order valence-corrected chi connectivity index (χ1v) is 6.86. The van der Waals surface area contributed by atoms with Crippen molar-refractivity contribution in [1.29, 1.82) is 0 Å². The zero-order valence-electron chi connectivity index (χ0n) is 10.7. The first-order valence-electron chi connectivity index (χ1n) is 6.06. The number of fused-ring (bicyclic) bond motifs is 1. The molecule has 4 heteroatoms. The van der Waals surface area contributed by atoms with Crippen LogP contribution in [-0.2, 0) is 0 Å². The Morgan fingerprint density at radius 2 is 1.85 bits per heavy atom. The molecule has 0 atom stereocenters. The molecule has 3 aromatic rings. The molecule has 3 rings (SSSR count). The van der Waals surface area contributed by atoms with Gasteiger partial charge in [-0.05, 0) is 18.2 Å². The number of ether oxygens (including phenoxy) is 1. The lowest BCUT2D eigenvalue weighted by Crippen LogP contribution is -2.07. The SMILES string of the molecule is COc1c(-c2ccccc2)oc2ccc(Br)cc2c1=O. The van der Waals surface area contributed by atoms with Crippen molar-refractivity contribution in [1.82, 2.24) is 0 Å². The summed E-state index contributed by atoms with van der Waals surface area (Å²) >= 11 is 3.36. The summed E-state index contributed by atoms with van der Waals surface area (Å²) in [6.07, 6.45) is 0. The Morgan fingerprint density at radius 1 is 1.10 bits per heavy atom. The monoisotopic (exact) mass is 330 g/mol. The largest absolute Gasteiger partial charge is 0.490 e. The van der Waals surface area contributed by atoms with Gasteiger partial charge in [0.05, 0.1) is 12.5 Å². The van der Waals surface area contributed by atoms with E-state index in [-0.39, 0.29) is 11.2 Å². The minimum atomic E-state index is -0.172. The fourth-order valence-electron chi connectivity index (χ4n) is 2.12. The minimum absolute atomic E-state index is 0.172. The highest BCUT2D eigenvalue weighted by atomic mass is 79.9. The van der Waals surface area contributed by atoms with E-state index >= 15 is 0 Å². The van der Waals surface area contributed by atoms with Gasteiger partial charge in [-0.1, -0.05) is 46.3 Å². The van der Waals surface area contributed by atoms with Gasteiger partial charge in [0.2, 0.25) is 11.2 Å². The van der Waals surface area contributed by atoms with E-state index in [9.17, 15) is 4.79 Å². The Bertz CT molecular complexity index is 822. The van der Waals surface area contributed by atoms with E-state index in [1.54, 1.807) is 12.1 Å². The fraction of sp³-hybridized carbons (Fsp3) is 0.0625. The quantitative estimate of drug-likeness (QED) is 0.705. The molecule has 100 valence electrons. The van der Waals surface area contributed by atoms with Crippen LogP contribution >= 0.6 is 15.9 Å². The van der Waals surface area contributed by atoms with Crippen LogP contribution in [0.3, 0.4) is 0 Å². The van der Waals surface area contributed by atoms with Crippen LogP contribution in [0, 0.1) is 0 Å². The van der Waals surface area contributed by atoms with E-state index in [1.165, 1.54) is 7.11 Å². The average molecular weight is 331 g/mol. The van der Waals surface area contributed by atoms with E-state index in [0.29, 0.717) is 16.7 Å². The van der Waals surface area contributed by atoms with E-state index in [2.05, 4.69) is 15.9 Å². The van der Waals surface area contributed by atoms with Crippen molar-refractivity contribution >= 4 is 26.9 Å². The first-order chi connectivity index (χ1) is 9.70. The number of hydrogen-bond acceptors (Lipinski definition) is 3. The summed E-state index contributed by atoms with van der Waals surface area (Å²) in [5, 5.41) is 0.496. The number of hydrogen-bond donors (Lipinski definition) is 0. The molecule has 0 unspecified atom stereocenters. The van der Waals surface area contributed by atoms with Crippen LogP contribution in [0.2, 0.25) is 0 Å². The summed E-state index contributed by atoms with van der Waals surface area (Å²) in [5.41, 5.74) is 1.18. The molecule has 0 fully saturated rings. The standard InChI is InChI=1S/C16H11BrO3/c1-19-16-14(18)12-9-11(17)7-8-13(12)20-15(16)10-5-3-2-4-6-10/h2-9H,1H3. The van der Waals surface area contributed by atoms with Gasteiger partial charge in [-0.2, -0.15) is 0 Å². The van der Waals surface area contributed by atoms with Crippen molar-refractivity contribution in [3.63, 3.8) is 0 Å². The van der Waals surface area contributed by atoms with Gasteiger partial charge in [-0.15, -0.1) is 0 Å². The van der Waals surface area contributed by atoms with Crippen molar-refractivity contribution in [2.75, 3.05) is 7.11 Å². The first kappa shape index (κ1) is 12.9. The highest BCUT2D eigenvalue weighted by Gasteiger charge is 2.16. The van der Waals surface area contributed by atoms with Crippen molar-refractivity contribution < 1.29 is 9.15 Å². The summed E-state index contributed by atoms with van der Waals surface area (Å²) in [6, 6.07) is 14.8. The van der Waals surface area contributed by atoms with Crippen molar-refractivity contribution in [2.24, 2.45) is 0 Å². The third-order valence-electron chi connectivity index (χ3n) is 3.05. The molecule has 0 spiro atoms. The lowest BCUT2D eigenvalue weighted by molar-refractivity contribution is 0.398. The molecule has 1 aromatic heterocycles. The molecule has 0 aliphatic rings. The van der Waals surface area contributed by atoms with Gasteiger partial charge in [0.1, 0.15) is 5.58 Å². The zero-order chi connectivity index (χ0) is 14.1.